The lowest BCUT2D eigenvalue weighted by atomic mass is 10.1. The Morgan fingerprint density at radius 1 is 0.905 bits per heavy atom. The molecule has 0 radical (unpaired) electrons. The highest BCUT2D eigenvalue weighted by molar-refractivity contribution is 6.42. The summed E-state index contributed by atoms with van der Waals surface area (Å²) in [5.41, 5.74) is 2.15. The van der Waals surface area contributed by atoms with Crippen LogP contribution >= 0.6 is 23.2 Å². The van der Waals surface area contributed by atoms with Crippen LogP contribution in [0.15, 0.2) is 36.4 Å². The molecule has 112 valence electrons. The lowest BCUT2D eigenvalue weighted by Gasteiger charge is -2.11. The number of nitrogens with one attached hydrogen (secondary N) is 1. The molecule has 0 atom stereocenters. The zero-order valence-electron chi connectivity index (χ0n) is 12.0. The van der Waals surface area contributed by atoms with Crippen molar-refractivity contribution < 1.29 is 9.47 Å². The first-order valence-electron chi connectivity index (χ1n) is 6.49. The predicted octanol–water partition coefficient (Wildman–Crippen LogP) is 4.30. The minimum Gasteiger partial charge on any atom is -0.497 e. The molecule has 0 spiro atoms. The maximum absolute atomic E-state index is 6.00. The van der Waals surface area contributed by atoms with E-state index in [0.29, 0.717) is 23.1 Å². The molecule has 0 unspecified atom stereocenters. The third-order valence-corrected chi connectivity index (χ3v) is 3.86. The van der Waals surface area contributed by atoms with Crippen LogP contribution in [0.3, 0.4) is 0 Å². The fourth-order valence-electron chi connectivity index (χ4n) is 1.99. The highest BCUT2D eigenvalue weighted by Crippen LogP contribution is 2.25. The fourth-order valence-corrected chi connectivity index (χ4v) is 2.31. The van der Waals surface area contributed by atoms with Crippen molar-refractivity contribution in [2.24, 2.45) is 0 Å². The Bertz CT molecular complexity index is 617. The molecule has 0 aliphatic carbocycles. The quantitative estimate of drug-likeness (QED) is 0.858. The lowest BCUT2D eigenvalue weighted by Crippen LogP contribution is -2.13. The van der Waals surface area contributed by atoms with Crippen LogP contribution < -0.4 is 14.8 Å². The van der Waals surface area contributed by atoms with Crippen LogP contribution in [0.4, 0.5) is 0 Å². The SMILES string of the molecule is COc1ccc(CNCc2ccc(Cl)c(Cl)c2)c(OC)c1. The van der Waals surface area contributed by atoms with Gasteiger partial charge in [0.15, 0.2) is 0 Å². The third kappa shape index (κ3) is 4.27. The molecule has 0 bridgehead atoms. The van der Waals surface area contributed by atoms with Crippen molar-refractivity contribution in [3.63, 3.8) is 0 Å². The number of benzene rings is 2. The fraction of sp³-hybridized carbons (Fsp3) is 0.250. The topological polar surface area (TPSA) is 30.5 Å². The normalized spacial score (nSPS) is 10.5. The molecule has 1 N–H and O–H groups in total. The summed E-state index contributed by atoms with van der Waals surface area (Å²) in [6, 6.07) is 11.4. The second kappa shape index (κ2) is 7.55. The van der Waals surface area contributed by atoms with Crippen molar-refractivity contribution in [3.8, 4) is 11.5 Å². The molecule has 2 rings (SSSR count). The van der Waals surface area contributed by atoms with Gasteiger partial charge in [-0.25, -0.2) is 0 Å². The summed E-state index contributed by atoms with van der Waals surface area (Å²) in [5.74, 6) is 1.58. The molecule has 0 aliphatic heterocycles. The molecule has 0 aromatic heterocycles. The van der Waals surface area contributed by atoms with E-state index < -0.39 is 0 Å². The number of ether oxygens (including phenoxy) is 2. The summed E-state index contributed by atoms with van der Waals surface area (Å²) >= 11 is 11.9. The zero-order valence-corrected chi connectivity index (χ0v) is 13.5. The maximum atomic E-state index is 6.00. The molecular formula is C16H17Cl2NO2. The first-order valence-corrected chi connectivity index (χ1v) is 7.25. The monoisotopic (exact) mass is 325 g/mol. The summed E-state index contributed by atoms with van der Waals surface area (Å²) in [5, 5.41) is 4.49. The second-order valence-electron chi connectivity index (χ2n) is 4.53. The van der Waals surface area contributed by atoms with Crippen LogP contribution in [0, 0.1) is 0 Å². The molecule has 2 aromatic rings. The van der Waals surface area contributed by atoms with Gasteiger partial charge in [0, 0.05) is 24.7 Å². The Balaban J connectivity index is 1.98. The second-order valence-corrected chi connectivity index (χ2v) is 5.34. The largest absolute Gasteiger partial charge is 0.497 e. The van der Waals surface area contributed by atoms with Gasteiger partial charge in [-0.2, -0.15) is 0 Å². The highest BCUT2D eigenvalue weighted by atomic mass is 35.5. The Labute approximate surface area is 134 Å². The van der Waals surface area contributed by atoms with Crippen LogP contribution in [0.2, 0.25) is 10.0 Å². The number of hydrogen-bond donors (Lipinski definition) is 1. The van der Waals surface area contributed by atoms with Crippen molar-refractivity contribution in [2.45, 2.75) is 13.1 Å². The molecule has 0 amide bonds. The van der Waals surface area contributed by atoms with Crippen LogP contribution in [0.1, 0.15) is 11.1 Å². The van der Waals surface area contributed by atoms with E-state index in [1.165, 1.54) is 0 Å². The van der Waals surface area contributed by atoms with Gasteiger partial charge in [0.2, 0.25) is 0 Å². The summed E-state index contributed by atoms with van der Waals surface area (Å²) in [6.45, 7) is 1.39. The predicted molar refractivity (Wildman–Crippen MR) is 86.6 cm³/mol. The van der Waals surface area contributed by atoms with E-state index in [1.54, 1.807) is 20.3 Å². The van der Waals surface area contributed by atoms with Crippen molar-refractivity contribution in [2.75, 3.05) is 14.2 Å². The average molecular weight is 326 g/mol. The van der Waals surface area contributed by atoms with E-state index >= 15 is 0 Å². The molecule has 2 aromatic carbocycles. The summed E-state index contributed by atoms with van der Waals surface area (Å²) in [7, 11) is 3.29. The van der Waals surface area contributed by atoms with Crippen LogP contribution in [0.5, 0.6) is 11.5 Å². The number of hydrogen-bond acceptors (Lipinski definition) is 3. The van der Waals surface area contributed by atoms with E-state index in [0.717, 1.165) is 22.6 Å². The summed E-state index contributed by atoms with van der Waals surface area (Å²) in [4.78, 5) is 0. The van der Waals surface area contributed by atoms with Crippen molar-refractivity contribution >= 4 is 23.2 Å². The Kier molecular flexibility index (Phi) is 5.74. The highest BCUT2D eigenvalue weighted by Gasteiger charge is 2.05. The standard InChI is InChI=1S/C16H17Cl2NO2/c1-20-13-5-4-12(16(8-13)21-2)10-19-9-11-3-6-14(17)15(18)7-11/h3-8,19H,9-10H2,1-2H3. The van der Waals surface area contributed by atoms with Gasteiger partial charge in [-0.1, -0.05) is 35.3 Å². The van der Waals surface area contributed by atoms with E-state index in [1.807, 2.05) is 30.3 Å². The van der Waals surface area contributed by atoms with Gasteiger partial charge in [-0.15, -0.1) is 0 Å². The van der Waals surface area contributed by atoms with Crippen LogP contribution in [-0.2, 0) is 13.1 Å². The molecular weight excluding hydrogens is 309 g/mol. The molecule has 3 nitrogen and oxygen atoms in total. The van der Waals surface area contributed by atoms with E-state index in [2.05, 4.69) is 5.32 Å². The van der Waals surface area contributed by atoms with Gasteiger partial charge in [0.05, 0.1) is 24.3 Å². The third-order valence-electron chi connectivity index (χ3n) is 3.12. The minimum absolute atomic E-state index is 0.567. The van der Waals surface area contributed by atoms with Gasteiger partial charge in [-0.05, 0) is 23.8 Å². The van der Waals surface area contributed by atoms with E-state index in [-0.39, 0.29) is 0 Å². The molecule has 0 heterocycles. The van der Waals surface area contributed by atoms with Crippen LogP contribution in [-0.4, -0.2) is 14.2 Å². The van der Waals surface area contributed by atoms with Gasteiger partial charge >= 0.3 is 0 Å². The minimum atomic E-state index is 0.567. The number of rotatable bonds is 6. The zero-order chi connectivity index (χ0) is 15.2. The number of halogens is 2. The number of methoxy groups -OCH3 is 2. The smallest absolute Gasteiger partial charge is 0.127 e. The lowest BCUT2D eigenvalue weighted by molar-refractivity contribution is 0.390. The van der Waals surface area contributed by atoms with Crippen LogP contribution in [0.25, 0.3) is 0 Å². The van der Waals surface area contributed by atoms with E-state index in [9.17, 15) is 0 Å². The van der Waals surface area contributed by atoms with Gasteiger partial charge < -0.3 is 14.8 Å². The first kappa shape index (κ1) is 16.0. The summed E-state index contributed by atoms with van der Waals surface area (Å²) in [6.07, 6.45) is 0. The molecule has 0 aliphatic rings. The Morgan fingerprint density at radius 3 is 2.38 bits per heavy atom. The summed E-state index contributed by atoms with van der Waals surface area (Å²) < 4.78 is 10.5. The maximum Gasteiger partial charge on any atom is 0.127 e. The molecule has 5 heteroatoms. The van der Waals surface area contributed by atoms with Crippen molar-refractivity contribution in [1.82, 2.24) is 5.32 Å². The molecule has 0 saturated heterocycles. The Morgan fingerprint density at radius 2 is 1.71 bits per heavy atom. The average Bonchev–Trinajstić information content (AvgIpc) is 2.51. The Hall–Kier alpha value is -1.42. The van der Waals surface area contributed by atoms with Gasteiger partial charge in [-0.3, -0.25) is 0 Å². The van der Waals surface area contributed by atoms with E-state index in [4.69, 9.17) is 32.7 Å². The van der Waals surface area contributed by atoms with Gasteiger partial charge in [0.1, 0.15) is 11.5 Å². The van der Waals surface area contributed by atoms with Crippen molar-refractivity contribution in [3.05, 3.63) is 57.6 Å². The first-order chi connectivity index (χ1) is 10.1. The van der Waals surface area contributed by atoms with Gasteiger partial charge in [0.25, 0.3) is 0 Å². The molecule has 0 saturated carbocycles. The van der Waals surface area contributed by atoms with Crippen molar-refractivity contribution in [1.29, 1.82) is 0 Å². The molecule has 0 fully saturated rings. The molecule has 21 heavy (non-hydrogen) atoms.